The molecule has 3 rings (SSSR count). The van der Waals surface area contributed by atoms with Crippen molar-refractivity contribution >= 4 is 11.6 Å². The zero-order valence-electron chi connectivity index (χ0n) is 13.1. The summed E-state index contributed by atoms with van der Waals surface area (Å²) in [4.78, 5) is 12.2. The third-order valence-electron chi connectivity index (χ3n) is 3.69. The Kier molecular flexibility index (Phi) is 4.52. The molecule has 116 valence electrons. The molecule has 0 aliphatic carbocycles. The number of rotatable bonds is 5. The van der Waals surface area contributed by atoms with E-state index in [2.05, 4.69) is 17.3 Å². The van der Waals surface area contributed by atoms with Crippen LogP contribution >= 0.6 is 0 Å². The fourth-order valence-electron chi connectivity index (χ4n) is 2.50. The topological polar surface area (TPSA) is 46.9 Å². The van der Waals surface area contributed by atoms with Gasteiger partial charge in [-0.1, -0.05) is 43.3 Å². The minimum atomic E-state index is -0.0292. The van der Waals surface area contributed by atoms with E-state index in [1.54, 1.807) is 10.9 Å². The highest BCUT2D eigenvalue weighted by atomic mass is 16.1. The third-order valence-corrected chi connectivity index (χ3v) is 3.69. The van der Waals surface area contributed by atoms with Crippen molar-refractivity contribution in [3.8, 4) is 5.69 Å². The molecular formula is C19H19N3O. The largest absolute Gasteiger partial charge is 0.326 e. The van der Waals surface area contributed by atoms with E-state index >= 15 is 0 Å². The van der Waals surface area contributed by atoms with Crippen LogP contribution in [-0.2, 0) is 17.6 Å². The molecule has 1 amide bonds. The van der Waals surface area contributed by atoms with Crippen LogP contribution in [0.5, 0.6) is 0 Å². The molecule has 4 heteroatoms. The van der Waals surface area contributed by atoms with Gasteiger partial charge in [0.05, 0.1) is 18.3 Å². The molecule has 0 atom stereocenters. The molecule has 0 aliphatic rings. The Bertz CT molecular complexity index is 793. The lowest BCUT2D eigenvalue weighted by Gasteiger charge is -2.08. The Labute approximate surface area is 135 Å². The second-order valence-electron chi connectivity index (χ2n) is 5.36. The Morgan fingerprint density at radius 3 is 2.61 bits per heavy atom. The molecule has 0 unspecified atom stereocenters. The van der Waals surface area contributed by atoms with Crippen LogP contribution in [0.4, 0.5) is 5.69 Å². The fourth-order valence-corrected chi connectivity index (χ4v) is 2.50. The molecule has 0 saturated carbocycles. The number of carbonyl (C=O) groups is 1. The number of anilines is 1. The summed E-state index contributed by atoms with van der Waals surface area (Å²) >= 11 is 0. The van der Waals surface area contributed by atoms with Gasteiger partial charge in [0, 0.05) is 11.9 Å². The number of benzene rings is 2. The van der Waals surface area contributed by atoms with Crippen molar-refractivity contribution in [2.45, 2.75) is 19.8 Å². The van der Waals surface area contributed by atoms with Crippen molar-refractivity contribution in [3.05, 3.63) is 78.1 Å². The number of aryl methyl sites for hydroxylation is 1. The normalized spacial score (nSPS) is 10.5. The number of hydrogen-bond donors (Lipinski definition) is 1. The van der Waals surface area contributed by atoms with Gasteiger partial charge in [0.15, 0.2) is 0 Å². The molecule has 0 fully saturated rings. The van der Waals surface area contributed by atoms with Crippen LogP contribution in [0.25, 0.3) is 5.69 Å². The first kappa shape index (κ1) is 15.0. The van der Waals surface area contributed by atoms with Gasteiger partial charge in [-0.3, -0.25) is 4.79 Å². The van der Waals surface area contributed by atoms with E-state index in [0.717, 1.165) is 28.9 Å². The van der Waals surface area contributed by atoms with Crippen LogP contribution in [0.3, 0.4) is 0 Å². The molecule has 0 aliphatic heterocycles. The first-order valence-electron chi connectivity index (χ1n) is 7.73. The van der Waals surface area contributed by atoms with Crippen molar-refractivity contribution in [2.75, 3.05) is 5.32 Å². The van der Waals surface area contributed by atoms with E-state index in [1.807, 2.05) is 60.8 Å². The predicted octanol–water partition coefficient (Wildman–Crippen LogP) is 3.62. The van der Waals surface area contributed by atoms with E-state index in [-0.39, 0.29) is 5.91 Å². The molecule has 0 saturated heterocycles. The second-order valence-corrected chi connectivity index (χ2v) is 5.36. The van der Waals surface area contributed by atoms with E-state index in [4.69, 9.17) is 0 Å². The summed E-state index contributed by atoms with van der Waals surface area (Å²) in [5.41, 5.74) is 3.90. The molecule has 0 spiro atoms. The van der Waals surface area contributed by atoms with E-state index in [9.17, 15) is 4.79 Å². The molecule has 1 heterocycles. The van der Waals surface area contributed by atoms with Gasteiger partial charge >= 0.3 is 0 Å². The lowest BCUT2D eigenvalue weighted by atomic mass is 10.1. The summed E-state index contributed by atoms with van der Waals surface area (Å²) < 4.78 is 1.78. The zero-order valence-corrected chi connectivity index (χ0v) is 13.1. The Balaban J connectivity index is 1.68. The van der Waals surface area contributed by atoms with Crippen LogP contribution < -0.4 is 5.32 Å². The number of hydrogen-bond acceptors (Lipinski definition) is 2. The van der Waals surface area contributed by atoms with Gasteiger partial charge in [-0.2, -0.15) is 5.10 Å². The van der Waals surface area contributed by atoms with Gasteiger partial charge in [-0.05, 0) is 35.7 Å². The smallest absolute Gasteiger partial charge is 0.228 e. The van der Waals surface area contributed by atoms with Gasteiger partial charge in [-0.25, -0.2) is 4.68 Å². The highest BCUT2D eigenvalue weighted by molar-refractivity contribution is 5.92. The molecule has 1 N–H and O–H groups in total. The first-order chi connectivity index (χ1) is 11.3. The fraction of sp³-hybridized carbons (Fsp3) is 0.158. The van der Waals surface area contributed by atoms with Crippen LogP contribution in [0.15, 0.2) is 67.0 Å². The maximum Gasteiger partial charge on any atom is 0.228 e. The quantitative estimate of drug-likeness (QED) is 0.782. The number of para-hydroxylation sites is 2. The third kappa shape index (κ3) is 3.66. The van der Waals surface area contributed by atoms with E-state index in [0.29, 0.717) is 6.42 Å². The Morgan fingerprint density at radius 1 is 1.09 bits per heavy atom. The number of carbonyl (C=O) groups excluding carboxylic acids is 1. The minimum absolute atomic E-state index is 0.0292. The van der Waals surface area contributed by atoms with Crippen LogP contribution in [0.2, 0.25) is 0 Å². The summed E-state index contributed by atoms with van der Waals surface area (Å²) in [6.45, 7) is 2.08. The summed E-state index contributed by atoms with van der Waals surface area (Å²) in [5.74, 6) is -0.0292. The maximum atomic E-state index is 12.2. The van der Waals surface area contributed by atoms with Crippen molar-refractivity contribution in [2.24, 2.45) is 0 Å². The standard InChI is InChI=1S/C19H19N3O/c1-2-16-8-6-7-11-18(16)21-19(23)12-15-13-20-22(14-15)17-9-4-3-5-10-17/h3-11,13-14H,2,12H2,1H3,(H,21,23). The molecular weight excluding hydrogens is 286 g/mol. The Morgan fingerprint density at radius 2 is 1.83 bits per heavy atom. The molecule has 0 bridgehead atoms. The van der Waals surface area contributed by atoms with Crippen molar-refractivity contribution in [1.29, 1.82) is 0 Å². The zero-order chi connectivity index (χ0) is 16.1. The van der Waals surface area contributed by atoms with Crippen LogP contribution in [-0.4, -0.2) is 15.7 Å². The summed E-state index contributed by atoms with van der Waals surface area (Å²) in [6.07, 6.45) is 4.83. The molecule has 4 nitrogen and oxygen atoms in total. The average molecular weight is 305 g/mol. The lowest BCUT2D eigenvalue weighted by molar-refractivity contribution is -0.115. The van der Waals surface area contributed by atoms with Crippen molar-refractivity contribution in [1.82, 2.24) is 9.78 Å². The first-order valence-corrected chi connectivity index (χ1v) is 7.73. The van der Waals surface area contributed by atoms with E-state index < -0.39 is 0 Å². The summed E-state index contributed by atoms with van der Waals surface area (Å²) in [7, 11) is 0. The minimum Gasteiger partial charge on any atom is -0.326 e. The van der Waals surface area contributed by atoms with E-state index in [1.165, 1.54) is 0 Å². The SMILES string of the molecule is CCc1ccccc1NC(=O)Cc1cnn(-c2ccccc2)c1. The monoisotopic (exact) mass is 305 g/mol. The molecule has 1 aromatic heterocycles. The molecule has 0 radical (unpaired) electrons. The predicted molar refractivity (Wildman–Crippen MR) is 91.7 cm³/mol. The van der Waals surface area contributed by atoms with Gasteiger partial charge in [0.2, 0.25) is 5.91 Å². The summed E-state index contributed by atoms with van der Waals surface area (Å²) in [5, 5.41) is 7.30. The Hall–Kier alpha value is -2.88. The van der Waals surface area contributed by atoms with Gasteiger partial charge in [0.1, 0.15) is 0 Å². The molecule has 3 aromatic rings. The lowest BCUT2D eigenvalue weighted by Crippen LogP contribution is -2.15. The van der Waals surface area contributed by atoms with Crippen LogP contribution in [0.1, 0.15) is 18.1 Å². The number of aromatic nitrogens is 2. The number of nitrogens with one attached hydrogen (secondary N) is 1. The maximum absolute atomic E-state index is 12.2. The molecule has 23 heavy (non-hydrogen) atoms. The number of amides is 1. The summed E-state index contributed by atoms with van der Waals surface area (Å²) in [6, 6.07) is 17.7. The van der Waals surface area contributed by atoms with Crippen molar-refractivity contribution in [3.63, 3.8) is 0 Å². The highest BCUT2D eigenvalue weighted by Gasteiger charge is 2.09. The highest BCUT2D eigenvalue weighted by Crippen LogP contribution is 2.16. The van der Waals surface area contributed by atoms with Gasteiger partial charge in [-0.15, -0.1) is 0 Å². The second kappa shape index (κ2) is 6.92. The number of nitrogens with zero attached hydrogens (tertiary/aromatic N) is 2. The van der Waals surface area contributed by atoms with Gasteiger partial charge in [0.25, 0.3) is 0 Å². The average Bonchev–Trinajstić information content (AvgIpc) is 3.04. The van der Waals surface area contributed by atoms with Gasteiger partial charge < -0.3 is 5.32 Å². The molecule has 2 aromatic carbocycles. The van der Waals surface area contributed by atoms with Crippen LogP contribution in [0, 0.1) is 0 Å². The van der Waals surface area contributed by atoms with Crippen molar-refractivity contribution < 1.29 is 4.79 Å².